The normalized spacial score (nSPS) is 15.1. The molecule has 1 aliphatic carbocycles. The fraction of sp³-hybridized carbons (Fsp3) is 0.308. The molecule has 0 spiro atoms. The highest BCUT2D eigenvalue weighted by atomic mass is 16.5. The van der Waals surface area contributed by atoms with E-state index >= 15 is 0 Å². The number of alkyl carbamates (subject to hydrolysis) is 1. The summed E-state index contributed by atoms with van der Waals surface area (Å²) in [5, 5.41) is 16.1. The van der Waals surface area contributed by atoms with Crippen LogP contribution >= 0.6 is 0 Å². The number of carboxylic acid groups (broad SMARTS) is 1. The van der Waals surface area contributed by atoms with Crippen LogP contribution < -0.4 is 5.32 Å². The van der Waals surface area contributed by atoms with E-state index in [1.165, 1.54) is 6.20 Å². The second kappa shape index (κ2) is 9.25. The van der Waals surface area contributed by atoms with E-state index in [4.69, 9.17) is 4.74 Å². The molecule has 0 radical (unpaired) electrons. The van der Waals surface area contributed by atoms with E-state index in [1.807, 2.05) is 24.3 Å². The lowest BCUT2D eigenvalue weighted by Crippen LogP contribution is -2.44. The van der Waals surface area contributed by atoms with Gasteiger partial charge < -0.3 is 20.1 Å². The maximum atomic E-state index is 12.9. The maximum Gasteiger partial charge on any atom is 0.407 e. The Morgan fingerprint density at radius 3 is 2.40 bits per heavy atom. The lowest BCUT2D eigenvalue weighted by Gasteiger charge is -2.30. The monoisotopic (exact) mass is 474 g/mol. The van der Waals surface area contributed by atoms with Crippen molar-refractivity contribution in [2.75, 3.05) is 19.7 Å². The molecule has 35 heavy (non-hydrogen) atoms. The van der Waals surface area contributed by atoms with Crippen molar-refractivity contribution in [3.05, 3.63) is 77.1 Å². The molecule has 1 unspecified atom stereocenters. The molecule has 2 aliphatic rings. The zero-order chi connectivity index (χ0) is 24.5. The van der Waals surface area contributed by atoms with Crippen LogP contribution in [0, 0.1) is 5.92 Å². The van der Waals surface area contributed by atoms with Crippen LogP contribution in [0.4, 0.5) is 4.79 Å². The van der Waals surface area contributed by atoms with Crippen LogP contribution in [-0.2, 0) is 22.6 Å². The Kier molecular flexibility index (Phi) is 5.98. The summed E-state index contributed by atoms with van der Waals surface area (Å²) >= 11 is 0. The van der Waals surface area contributed by atoms with Crippen molar-refractivity contribution >= 4 is 18.0 Å². The molecule has 0 fully saturated rings. The highest BCUT2D eigenvalue weighted by Crippen LogP contribution is 2.44. The van der Waals surface area contributed by atoms with Gasteiger partial charge in [0.2, 0.25) is 5.91 Å². The molecule has 1 aliphatic heterocycles. The number of hydrogen-bond acceptors (Lipinski definition) is 5. The van der Waals surface area contributed by atoms with E-state index in [-0.39, 0.29) is 37.1 Å². The predicted molar refractivity (Wildman–Crippen MR) is 127 cm³/mol. The Morgan fingerprint density at radius 1 is 1.09 bits per heavy atom. The summed E-state index contributed by atoms with van der Waals surface area (Å²) in [7, 11) is 0. The van der Waals surface area contributed by atoms with Crippen molar-refractivity contribution in [1.29, 1.82) is 0 Å². The number of aromatic carboxylic acids is 1. The Balaban J connectivity index is 1.15. The first-order chi connectivity index (χ1) is 16.9. The summed E-state index contributed by atoms with van der Waals surface area (Å²) in [6.07, 6.45) is 0.740. The van der Waals surface area contributed by atoms with Gasteiger partial charge in [0.1, 0.15) is 12.2 Å². The van der Waals surface area contributed by atoms with Crippen molar-refractivity contribution in [2.45, 2.75) is 25.9 Å². The summed E-state index contributed by atoms with van der Waals surface area (Å²) in [6.45, 7) is 3.10. The van der Waals surface area contributed by atoms with Crippen LogP contribution in [0.5, 0.6) is 0 Å². The highest BCUT2D eigenvalue weighted by molar-refractivity contribution is 5.89. The molecule has 0 saturated carbocycles. The van der Waals surface area contributed by atoms with Crippen LogP contribution in [0.2, 0.25) is 0 Å². The number of carbonyl (C=O) groups is 3. The first-order valence-electron chi connectivity index (χ1n) is 11.6. The number of hydrogen-bond donors (Lipinski definition) is 2. The van der Waals surface area contributed by atoms with Gasteiger partial charge >= 0.3 is 12.1 Å². The zero-order valence-electron chi connectivity index (χ0n) is 19.3. The van der Waals surface area contributed by atoms with Gasteiger partial charge in [-0.05, 0) is 22.3 Å². The molecular formula is C26H26N4O5. The van der Waals surface area contributed by atoms with Crippen LogP contribution in [-0.4, -0.2) is 57.5 Å². The Bertz CT molecular complexity index is 1250. The number of carboxylic acids is 1. The highest BCUT2D eigenvalue weighted by Gasteiger charge is 2.30. The summed E-state index contributed by atoms with van der Waals surface area (Å²) < 4.78 is 7.16. The Hall–Kier alpha value is -4.14. The second-order valence-electron chi connectivity index (χ2n) is 8.90. The number of aromatic nitrogens is 2. The molecule has 9 nitrogen and oxygen atoms in total. The first-order valence-corrected chi connectivity index (χ1v) is 11.6. The van der Waals surface area contributed by atoms with Gasteiger partial charge in [0.05, 0.1) is 30.9 Å². The minimum atomic E-state index is -1.06. The number of nitrogens with zero attached hydrogens (tertiary/aromatic N) is 3. The second-order valence-corrected chi connectivity index (χ2v) is 8.90. The summed E-state index contributed by atoms with van der Waals surface area (Å²) in [6, 6.07) is 16.2. The molecule has 2 amide bonds. The summed E-state index contributed by atoms with van der Waals surface area (Å²) in [5.41, 5.74) is 5.20. The van der Waals surface area contributed by atoms with Crippen LogP contribution in [0.15, 0.2) is 54.7 Å². The van der Waals surface area contributed by atoms with Gasteiger partial charge in [-0.3, -0.25) is 9.48 Å². The number of amides is 2. The molecule has 0 saturated heterocycles. The molecular weight excluding hydrogens is 448 g/mol. The van der Waals surface area contributed by atoms with Gasteiger partial charge in [0.15, 0.2) is 0 Å². The largest absolute Gasteiger partial charge is 0.478 e. The van der Waals surface area contributed by atoms with Crippen molar-refractivity contribution in [3.8, 4) is 11.1 Å². The summed E-state index contributed by atoms with van der Waals surface area (Å²) in [5.74, 6) is -1.75. The molecule has 5 rings (SSSR count). The fourth-order valence-corrected chi connectivity index (χ4v) is 4.90. The van der Waals surface area contributed by atoms with E-state index in [0.717, 1.165) is 22.3 Å². The molecule has 1 atom stereocenters. The standard InChI is InChI=1S/C26H26N4O5/c1-16(24(31)29-10-11-30-23(14-29)21(13-28-30)25(32)33)12-27-26(34)35-15-22-19-8-4-2-6-17(19)18-7-3-5-9-20(18)22/h2-9,13,16,22H,10-12,14-15H2,1H3,(H,27,34)(H,32,33). The minimum absolute atomic E-state index is 0.0335. The zero-order valence-corrected chi connectivity index (χ0v) is 19.3. The Morgan fingerprint density at radius 2 is 1.74 bits per heavy atom. The van der Waals surface area contributed by atoms with E-state index in [1.54, 1.807) is 16.5 Å². The quantitative estimate of drug-likeness (QED) is 0.568. The predicted octanol–water partition coefficient (Wildman–Crippen LogP) is 3.10. The van der Waals surface area contributed by atoms with E-state index in [9.17, 15) is 19.5 Å². The smallest absolute Gasteiger partial charge is 0.407 e. The average Bonchev–Trinajstić information content (AvgIpc) is 3.44. The number of ether oxygens (including phenoxy) is 1. The van der Waals surface area contributed by atoms with Gasteiger partial charge in [-0.1, -0.05) is 55.5 Å². The van der Waals surface area contributed by atoms with Crippen molar-refractivity contribution < 1.29 is 24.2 Å². The molecule has 2 N–H and O–H groups in total. The minimum Gasteiger partial charge on any atom is -0.478 e. The molecule has 180 valence electrons. The number of carbonyl (C=O) groups excluding carboxylic acids is 2. The topological polar surface area (TPSA) is 114 Å². The van der Waals surface area contributed by atoms with Crippen molar-refractivity contribution in [2.24, 2.45) is 5.92 Å². The SMILES string of the molecule is CC(CNC(=O)OCC1c2ccccc2-c2ccccc21)C(=O)N1CCn2ncc(C(=O)O)c2C1. The van der Waals surface area contributed by atoms with Gasteiger partial charge in [-0.2, -0.15) is 5.10 Å². The lowest BCUT2D eigenvalue weighted by molar-refractivity contribution is -0.136. The third-order valence-electron chi connectivity index (χ3n) is 6.73. The molecule has 2 aromatic carbocycles. The Labute approximate surface area is 202 Å². The van der Waals surface area contributed by atoms with Gasteiger partial charge in [0, 0.05) is 19.0 Å². The molecule has 1 aromatic heterocycles. The molecule has 2 heterocycles. The molecule has 9 heteroatoms. The van der Waals surface area contributed by atoms with Gasteiger partial charge in [0.25, 0.3) is 0 Å². The number of benzene rings is 2. The lowest BCUT2D eigenvalue weighted by atomic mass is 9.98. The van der Waals surface area contributed by atoms with Gasteiger partial charge in [-0.15, -0.1) is 0 Å². The molecule has 3 aromatic rings. The third-order valence-corrected chi connectivity index (χ3v) is 6.73. The van der Waals surface area contributed by atoms with Crippen LogP contribution in [0.3, 0.4) is 0 Å². The van der Waals surface area contributed by atoms with Crippen LogP contribution in [0.1, 0.15) is 40.0 Å². The number of fused-ring (bicyclic) bond motifs is 4. The fourth-order valence-electron chi connectivity index (χ4n) is 4.90. The van der Waals surface area contributed by atoms with E-state index in [0.29, 0.717) is 18.8 Å². The molecule has 0 bridgehead atoms. The summed E-state index contributed by atoms with van der Waals surface area (Å²) in [4.78, 5) is 38.4. The maximum absolute atomic E-state index is 12.9. The number of nitrogens with one attached hydrogen (secondary N) is 1. The van der Waals surface area contributed by atoms with Crippen LogP contribution in [0.25, 0.3) is 11.1 Å². The van der Waals surface area contributed by atoms with E-state index < -0.39 is 18.0 Å². The van der Waals surface area contributed by atoms with E-state index in [2.05, 4.69) is 34.7 Å². The first kappa shape index (κ1) is 22.6. The third kappa shape index (κ3) is 4.25. The van der Waals surface area contributed by atoms with Gasteiger partial charge in [-0.25, -0.2) is 9.59 Å². The number of rotatable bonds is 6. The average molecular weight is 475 g/mol. The van der Waals surface area contributed by atoms with Crippen molar-refractivity contribution in [1.82, 2.24) is 20.0 Å². The van der Waals surface area contributed by atoms with Crippen molar-refractivity contribution in [3.63, 3.8) is 0 Å².